The molecule has 140 valence electrons. The van der Waals surface area contributed by atoms with Crippen LogP contribution in [0.4, 0.5) is 4.39 Å². The number of hydrogen-bond acceptors (Lipinski definition) is 3. The van der Waals surface area contributed by atoms with Gasteiger partial charge in [0.05, 0.1) is 10.2 Å². The van der Waals surface area contributed by atoms with E-state index < -0.39 is 0 Å². The predicted molar refractivity (Wildman–Crippen MR) is 103 cm³/mol. The number of amides is 1. The molecule has 0 saturated carbocycles. The molecule has 0 radical (unpaired) electrons. The van der Waals surface area contributed by atoms with Crippen LogP contribution in [0.3, 0.4) is 0 Å². The molecule has 0 N–H and O–H groups in total. The standard InChI is InChI=1S/C19H24BrFN4O/c1-13-12-25(19(26)18-17(20)14(2)23(3)22-18)11-10-24(13)9-8-15-4-6-16(21)7-5-15/h4-7,13H,8-12H2,1-3H3/t13-/m0/s1. The van der Waals surface area contributed by atoms with Gasteiger partial charge in [-0.2, -0.15) is 5.10 Å². The number of piperazine rings is 1. The Kier molecular flexibility index (Phi) is 5.77. The second-order valence-corrected chi connectivity index (χ2v) is 7.68. The van der Waals surface area contributed by atoms with Crippen LogP contribution < -0.4 is 0 Å². The summed E-state index contributed by atoms with van der Waals surface area (Å²) in [6.45, 7) is 7.18. The minimum Gasteiger partial charge on any atom is -0.334 e. The molecule has 1 aromatic heterocycles. The van der Waals surface area contributed by atoms with Crippen LogP contribution in [0.15, 0.2) is 28.7 Å². The summed E-state index contributed by atoms with van der Waals surface area (Å²) < 4.78 is 15.5. The van der Waals surface area contributed by atoms with E-state index >= 15 is 0 Å². The molecule has 0 spiro atoms. The molecular formula is C19H24BrFN4O. The van der Waals surface area contributed by atoms with Crippen LogP contribution in [-0.4, -0.2) is 57.7 Å². The van der Waals surface area contributed by atoms with Gasteiger partial charge in [0.15, 0.2) is 5.69 Å². The Morgan fingerprint density at radius 3 is 2.58 bits per heavy atom. The Bertz CT molecular complexity index is 790. The lowest BCUT2D eigenvalue weighted by Gasteiger charge is -2.39. The largest absolute Gasteiger partial charge is 0.334 e. The van der Waals surface area contributed by atoms with Crippen LogP contribution in [-0.2, 0) is 13.5 Å². The summed E-state index contributed by atoms with van der Waals surface area (Å²) in [6, 6.07) is 6.95. The normalized spacial score (nSPS) is 18.3. The lowest BCUT2D eigenvalue weighted by Crippen LogP contribution is -2.54. The third-order valence-corrected chi connectivity index (χ3v) is 6.07. The Hall–Kier alpha value is -1.73. The van der Waals surface area contributed by atoms with Crippen molar-refractivity contribution in [2.75, 3.05) is 26.2 Å². The van der Waals surface area contributed by atoms with Crippen molar-refractivity contribution in [1.29, 1.82) is 0 Å². The quantitative estimate of drug-likeness (QED) is 0.760. The average Bonchev–Trinajstić information content (AvgIpc) is 2.89. The minimum atomic E-state index is -0.204. The molecular weight excluding hydrogens is 399 g/mol. The molecule has 1 aromatic carbocycles. The maximum atomic E-state index is 13.0. The first-order chi connectivity index (χ1) is 12.4. The van der Waals surface area contributed by atoms with E-state index in [1.54, 1.807) is 4.68 Å². The van der Waals surface area contributed by atoms with E-state index in [1.165, 1.54) is 12.1 Å². The van der Waals surface area contributed by atoms with E-state index in [-0.39, 0.29) is 17.8 Å². The fourth-order valence-electron chi connectivity index (χ4n) is 3.30. The predicted octanol–water partition coefficient (Wildman–Crippen LogP) is 3.02. The van der Waals surface area contributed by atoms with E-state index in [1.807, 2.05) is 31.0 Å². The van der Waals surface area contributed by atoms with Gasteiger partial charge in [0, 0.05) is 39.3 Å². The summed E-state index contributed by atoms with van der Waals surface area (Å²) in [5, 5.41) is 4.35. The maximum absolute atomic E-state index is 13.0. The summed E-state index contributed by atoms with van der Waals surface area (Å²) in [5.41, 5.74) is 2.56. The van der Waals surface area contributed by atoms with Crippen molar-refractivity contribution in [2.24, 2.45) is 7.05 Å². The van der Waals surface area contributed by atoms with Crippen LogP contribution in [0.25, 0.3) is 0 Å². The highest BCUT2D eigenvalue weighted by molar-refractivity contribution is 9.10. The molecule has 2 aromatic rings. The highest BCUT2D eigenvalue weighted by atomic mass is 79.9. The van der Waals surface area contributed by atoms with Crippen LogP contribution in [0.2, 0.25) is 0 Å². The summed E-state index contributed by atoms with van der Waals surface area (Å²) in [5.74, 6) is -0.226. The number of nitrogens with zero attached hydrogens (tertiary/aromatic N) is 4. The van der Waals surface area contributed by atoms with Crippen LogP contribution in [0.1, 0.15) is 28.7 Å². The first-order valence-corrected chi connectivity index (χ1v) is 9.63. The molecule has 1 amide bonds. The van der Waals surface area contributed by atoms with Gasteiger partial charge in [-0.15, -0.1) is 0 Å². The van der Waals surface area contributed by atoms with Crippen molar-refractivity contribution in [3.8, 4) is 0 Å². The summed E-state index contributed by atoms with van der Waals surface area (Å²) in [7, 11) is 1.84. The van der Waals surface area contributed by atoms with Crippen molar-refractivity contribution in [1.82, 2.24) is 19.6 Å². The third kappa shape index (κ3) is 3.99. The van der Waals surface area contributed by atoms with E-state index in [0.29, 0.717) is 18.8 Å². The Labute approximate surface area is 161 Å². The number of aromatic nitrogens is 2. The zero-order valence-electron chi connectivity index (χ0n) is 15.4. The number of carbonyl (C=O) groups excluding carboxylic acids is 1. The molecule has 0 aliphatic carbocycles. The van der Waals surface area contributed by atoms with Crippen molar-refractivity contribution >= 4 is 21.8 Å². The monoisotopic (exact) mass is 422 g/mol. The lowest BCUT2D eigenvalue weighted by molar-refractivity contribution is 0.0511. The molecule has 3 rings (SSSR count). The molecule has 1 atom stereocenters. The van der Waals surface area contributed by atoms with Crippen LogP contribution >= 0.6 is 15.9 Å². The molecule has 7 heteroatoms. The summed E-state index contributed by atoms with van der Waals surface area (Å²) in [4.78, 5) is 17.1. The topological polar surface area (TPSA) is 41.4 Å². The average molecular weight is 423 g/mol. The first kappa shape index (κ1) is 19.0. The number of aryl methyl sites for hydroxylation is 1. The van der Waals surface area contributed by atoms with Gasteiger partial charge in [0.25, 0.3) is 5.91 Å². The molecule has 2 heterocycles. The zero-order valence-corrected chi connectivity index (χ0v) is 17.0. The summed E-state index contributed by atoms with van der Waals surface area (Å²) in [6.07, 6.45) is 0.879. The van der Waals surface area contributed by atoms with Crippen LogP contribution in [0.5, 0.6) is 0 Å². The van der Waals surface area contributed by atoms with E-state index in [4.69, 9.17) is 0 Å². The molecule has 1 saturated heterocycles. The van der Waals surface area contributed by atoms with Gasteiger partial charge in [-0.3, -0.25) is 14.4 Å². The van der Waals surface area contributed by atoms with Crippen LogP contribution in [0, 0.1) is 12.7 Å². The molecule has 1 fully saturated rings. The van der Waals surface area contributed by atoms with E-state index in [0.717, 1.165) is 35.2 Å². The zero-order chi connectivity index (χ0) is 18.8. The maximum Gasteiger partial charge on any atom is 0.275 e. The van der Waals surface area contributed by atoms with E-state index in [2.05, 4.69) is 32.9 Å². The third-order valence-electron chi connectivity index (χ3n) is 5.12. The first-order valence-electron chi connectivity index (χ1n) is 8.83. The molecule has 0 bridgehead atoms. The lowest BCUT2D eigenvalue weighted by atomic mass is 10.1. The number of hydrogen-bond donors (Lipinski definition) is 0. The Morgan fingerprint density at radius 2 is 2.00 bits per heavy atom. The smallest absolute Gasteiger partial charge is 0.275 e. The van der Waals surface area contributed by atoms with Crippen molar-refractivity contribution in [2.45, 2.75) is 26.3 Å². The summed E-state index contributed by atoms with van der Waals surface area (Å²) >= 11 is 3.48. The second-order valence-electron chi connectivity index (χ2n) is 6.88. The number of halogens is 2. The molecule has 1 aliphatic rings. The van der Waals surface area contributed by atoms with Crippen molar-refractivity contribution < 1.29 is 9.18 Å². The van der Waals surface area contributed by atoms with Crippen molar-refractivity contribution in [3.63, 3.8) is 0 Å². The molecule has 1 aliphatic heterocycles. The van der Waals surface area contributed by atoms with Gasteiger partial charge in [-0.25, -0.2) is 4.39 Å². The fraction of sp³-hybridized carbons (Fsp3) is 0.474. The van der Waals surface area contributed by atoms with Gasteiger partial charge in [-0.05, 0) is 53.9 Å². The van der Waals surface area contributed by atoms with Gasteiger partial charge in [0.2, 0.25) is 0 Å². The Balaban J connectivity index is 1.58. The highest BCUT2D eigenvalue weighted by Crippen LogP contribution is 2.23. The molecule has 5 nitrogen and oxygen atoms in total. The van der Waals surface area contributed by atoms with Gasteiger partial charge in [-0.1, -0.05) is 12.1 Å². The van der Waals surface area contributed by atoms with Gasteiger partial charge in [0.1, 0.15) is 5.82 Å². The number of rotatable bonds is 4. The molecule has 26 heavy (non-hydrogen) atoms. The van der Waals surface area contributed by atoms with Crippen molar-refractivity contribution in [3.05, 3.63) is 51.5 Å². The number of benzene rings is 1. The molecule has 0 unspecified atom stereocenters. The fourth-order valence-corrected chi connectivity index (χ4v) is 3.81. The van der Waals surface area contributed by atoms with E-state index in [9.17, 15) is 9.18 Å². The second kappa shape index (κ2) is 7.88. The van der Waals surface area contributed by atoms with Gasteiger partial charge >= 0.3 is 0 Å². The Morgan fingerprint density at radius 1 is 1.31 bits per heavy atom. The SMILES string of the molecule is Cc1c(Br)c(C(=O)N2CCN(CCc3ccc(F)cc3)[C@@H](C)C2)nn1C. The minimum absolute atomic E-state index is 0.0226. The number of carbonyl (C=O) groups is 1. The highest BCUT2D eigenvalue weighted by Gasteiger charge is 2.29. The van der Waals surface area contributed by atoms with Gasteiger partial charge < -0.3 is 4.90 Å².